The number of hydrogen-bond acceptors (Lipinski definition) is 3. The van der Waals surface area contributed by atoms with Crippen LogP contribution in [0.3, 0.4) is 0 Å². The monoisotopic (exact) mass is 262 g/mol. The molecule has 1 fully saturated rings. The first-order chi connectivity index (χ1) is 9.09. The Hall–Kier alpha value is -1.39. The molecule has 1 aliphatic carbocycles. The third-order valence-corrected chi connectivity index (χ3v) is 3.76. The Labute approximate surface area is 114 Å². The molecule has 0 aliphatic heterocycles. The lowest BCUT2D eigenvalue weighted by Gasteiger charge is -2.23. The molecule has 104 valence electrons. The van der Waals surface area contributed by atoms with Crippen molar-refractivity contribution in [1.29, 1.82) is 0 Å². The van der Waals surface area contributed by atoms with Crippen molar-refractivity contribution in [1.82, 2.24) is 5.32 Å². The second-order valence-corrected chi connectivity index (χ2v) is 5.45. The molecule has 0 heterocycles. The first-order valence-corrected chi connectivity index (χ1v) is 6.89. The maximum atomic E-state index is 11.9. The number of carbonyl (C=O) groups excluding carboxylic acids is 1. The molecule has 1 aromatic rings. The molecule has 1 atom stereocenters. The van der Waals surface area contributed by atoms with Gasteiger partial charge in [0.15, 0.2) is 0 Å². The van der Waals surface area contributed by atoms with Gasteiger partial charge in [-0.2, -0.15) is 0 Å². The molecule has 4 heteroatoms. The van der Waals surface area contributed by atoms with Crippen molar-refractivity contribution >= 4 is 5.91 Å². The van der Waals surface area contributed by atoms with E-state index in [1.807, 2.05) is 30.3 Å². The number of benzene rings is 1. The van der Waals surface area contributed by atoms with Crippen LogP contribution >= 0.6 is 0 Å². The first kappa shape index (κ1) is 14.0. The smallest absolute Gasteiger partial charge is 0.237 e. The Morgan fingerprint density at radius 3 is 2.58 bits per heavy atom. The van der Waals surface area contributed by atoms with Crippen LogP contribution in [-0.2, 0) is 11.2 Å². The van der Waals surface area contributed by atoms with E-state index >= 15 is 0 Å². The minimum absolute atomic E-state index is 0.191. The maximum absolute atomic E-state index is 11.9. The van der Waals surface area contributed by atoms with E-state index in [9.17, 15) is 9.90 Å². The van der Waals surface area contributed by atoms with Gasteiger partial charge in [-0.3, -0.25) is 4.79 Å². The summed E-state index contributed by atoms with van der Waals surface area (Å²) in [7, 11) is 0. The minimum Gasteiger partial charge on any atom is -0.388 e. The molecule has 1 amide bonds. The Balaban J connectivity index is 1.79. The highest BCUT2D eigenvalue weighted by molar-refractivity contribution is 5.81. The molecule has 2 rings (SSSR count). The predicted octanol–water partition coefficient (Wildman–Crippen LogP) is 0.978. The molecule has 1 aromatic carbocycles. The van der Waals surface area contributed by atoms with Gasteiger partial charge in [-0.1, -0.05) is 43.2 Å². The first-order valence-electron chi connectivity index (χ1n) is 6.89. The van der Waals surface area contributed by atoms with E-state index in [2.05, 4.69) is 5.32 Å². The Bertz CT molecular complexity index is 413. The number of hydrogen-bond donors (Lipinski definition) is 3. The van der Waals surface area contributed by atoms with Gasteiger partial charge in [0.1, 0.15) is 0 Å². The predicted molar refractivity (Wildman–Crippen MR) is 74.5 cm³/mol. The van der Waals surface area contributed by atoms with Gasteiger partial charge >= 0.3 is 0 Å². The summed E-state index contributed by atoms with van der Waals surface area (Å²) in [5, 5.41) is 12.9. The van der Waals surface area contributed by atoms with Crippen molar-refractivity contribution < 1.29 is 9.90 Å². The molecule has 4 nitrogen and oxygen atoms in total. The largest absolute Gasteiger partial charge is 0.388 e. The third-order valence-electron chi connectivity index (χ3n) is 3.76. The molecule has 0 radical (unpaired) electrons. The van der Waals surface area contributed by atoms with Gasteiger partial charge in [-0.25, -0.2) is 0 Å². The van der Waals surface area contributed by atoms with Gasteiger partial charge in [-0.15, -0.1) is 0 Å². The fraction of sp³-hybridized carbons (Fsp3) is 0.533. The summed E-state index contributed by atoms with van der Waals surface area (Å²) in [5.41, 5.74) is 6.21. The van der Waals surface area contributed by atoms with Crippen LogP contribution in [0.15, 0.2) is 30.3 Å². The Morgan fingerprint density at radius 1 is 1.32 bits per heavy atom. The molecule has 19 heavy (non-hydrogen) atoms. The number of carbonyl (C=O) groups is 1. The zero-order valence-electron chi connectivity index (χ0n) is 11.1. The molecule has 0 saturated heterocycles. The Morgan fingerprint density at radius 2 is 1.95 bits per heavy atom. The molecule has 0 aromatic heterocycles. The summed E-state index contributed by atoms with van der Waals surface area (Å²) in [4.78, 5) is 11.9. The summed E-state index contributed by atoms with van der Waals surface area (Å²) >= 11 is 0. The molecule has 1 aliphatic rings. The van der Waals surface area contributed by atoms with Gasteiger partial charge in [0.2, 0.25) is 5.91 Å². The van der Waals surface area contributed by atoms with E-state index < -0.39 is 11.6 Å². The molecule has 1 saturated carbocycles. The van der Waals surface area contributed by atoms with E-state index in [1.54, 1.807) is 0 Å². The highest BCUT2D eigenvalue weighted by Gasteiger charge is 2.31. The molecular weight excluding hydrogens is 240 g/mol. The normalized spacial score (nSPS) is 19.1. The summed E-state index contributed by atoms with van der Waals surface area (Å²) in [5.74, 6) is -0.191. The summed E-state index contributed by atoms with van der Waals surface area (Å²) in [6.07, 6.45) is 4.11. The van der Waals surface area contributed by atoms with Gasteiger partial charge in [0.05, 0.1) is 11.6 Å². The van der Waals surface area contributed by atoms with E-state index in [0.717, 1.165) is 31.2 Å². The number of amides is 1. The summed E-state index contributed by atoms with van der Waals surface area (Å²) in [6.45, 7) is 0.314. The summed E-state index contributed by atoms with van der Waals surface area (Å²) < 4.78 is 0. The van der Waals surface area contributed by atoms with Crippen molar-refractivity contribution in [3.63, 3.8) is 0 Å². The number of nitrogens with two attached hydrogens (primary N) is 1. The van der Waals surface area contributed by atoms with Crippen molar-refractivity contribution in [2.45, 2.75) is 43.7 Å². The second kappa shape index (κ2) is 6.17. The molecule has 0 bridgehead atoms. The van der Waals surface area contributed by atoms with Crippen LogP contribution in [0.1, 0.15) is 31.2 Å². The lowest BCUT2D eigenvalue weighted by molar-refractivity contribution is -0.123. The quantitative estimate of drug-likeness (QED) is 0.740. The van der Waals surface area contributed by atoms with Crippen molar-refractivity contribution in [3.05, 3.63) is 35.9 Å². The van der Waals surface area contributed by atoms with E-state index in [1.165, 1.54) is 0 Å². The Kier molecular flexibility index (Phi) is 4.56. The summed E-state index contributed by atoms with van der Waals surface area (Å²) in [6, 6.07) is 9.15. The van der Waals surface area contributed by atoms with Gasteiger partial charge < -0.3 is 16.2 Å². The fourth-order valence-corrected chi connectivity index (χ4v) is 2.55. The van der Waals surface area contributed by atoms with Crippen LogP contribution in [0.25, 0.3) is 0 Å². The average molecular weight is 262 g/mol. The van der Waals surface area contributed by atoms with Crippen molar-refractivity contribution in [2.24, 2.45) is 5.73 Å². The highest BCUT2D eigenvalue weighted by atomic mass is 16.3. The van der Waals surface area contributed by atoms with Crippen LogP contribution in [-0.4, -0.2) is 29.2 Å². The van der Waals surface area contributed by atoms with E-state index in [4.69, 9.17) is 5.73 Å². The number of rotatable bonds is 5. The molecule has 0 unspecified atom stereocenters. The highest BCUT2D eigenvalue weighted by Crippen LogP contribution is 2.28. The molecular formula is C15H22N2O2. The van der Waals surface area contributed by atoms with Crippen LogP contribution < -0.4 is 11.1 Å². The van der Waals surface area contributed by atoms with Gasteiger partial charge in [0, 0.05) is 6.54 Å². The van der Waals surface area contributed by atoms with Gasteiger partial charge in [-0.05, 0) is 24.8 Å². The lowest BCUT2D eigenvalue weighted by atomic mass is 10.0. The van der Waals surface area contributed by atoms with E-state index in [0.29, 0.717) is 13.0 Å². The number of aliphatic hydroxyl groups is 1. The maximum Gasteiger partial charge on any atom is 0.237 e. The zero-order chi connectivity index (χ0) is 13.7. The van der Waals surface area contributed by atoms with Crippen molar-refractivity contribution in [2.75, 3.05) is 6.54 Å². The van der Waals surface area contributed by atoms with Gasteiger partial charge in [0.25, 0.3) is 0 Å². The third kappa shape index (κ3) is 4.04. The molecule has 0 spiro atoms. The average Bonchev–Trinajstić information content (AvgIpc) is 2.84. The number of nitrogens with one attached hydrogen (secondary N) is 1. The zero-order valence-corrected chi connectivity index (χ0v) is 11.1. The topological polar surface area (TPSA) is 75.4 Å². The van der Waals surface area contributed by atoms with Crippen LogP contribution in [0.4, 0.5) is 0 Å². The van der Waals surface area contributed by atoms with Crippen LogP contribution in [0.2, 0.25) is 0 Å². The SMILES string of the molecule is N[C@H](Cc1ccccc1)C(=O)NCC1(O)CCCC1. The molecule has 4 N–H and O–H groups in total. The standard InChI is InChI=1S/C15H22N2O2/c16-13(10-12-6-2-1-3-7-12)14(18)17-11-15(19)8-4-5-9-15/h1-3,6-7,13,19H,4-5,8-11,16H2,(H,17,18)/t13-/m1/s1. The van der Waals surface area contributed by atoms with Crippen LogP contribution in [0.5, 0.6) is 0 Å². The van der Waals surface area contributed by atoms with Crippen molar-refractivity contribution in [3.8, 4) is 0 Å². The minimum atomic E-state index is -0.720. The fourth-order valence-electron chi connectivity index (χ4n) is 2.55. The lowest BCUT2D eigenvalue weighted by Crippen LogP contribution is -2.48. The van der Waals surface area contributed by atoms with Crippen LogP contribution in [0, 0.1) is 0 Å². The second-order valence-electron chi connectivity index (χ2n) is 5.45. The van der Waals surface area contributed by atoms with E-state index in [-0.39, 0.29) is 5.91 Å².